The molecule has 2 aromatic rings. The molecule has 136 valence electrons. The highest BCUT2D eigenvalue weighted by Crippen LogP contribution is 2.38. The number of likely N-dealkylation sites (N-methyl/N-ethyl adjacent to an activating group) is 1. The number of para-hydroxylation sites is 1. The van der Waals surface area contributed by atoms with E-state index in [1.54, 1.807) is 23.6 Å². The summed E-state index contributed by atoms with van der Waals surface area (Å²) in [5, 5.41) is 0. The molecule has 0 aliphatic carbocycles. The lowest BCUT2D eigenvalue weighted by molar-refractivity contribution is -0.134. The van der Waals surface area contributed by atoms with E-state index in [-0.39, 0.29) is 18.4 Å². The van der Waals surface area contributed by atoms with Crippen LogP contribution >= 0.6 is 0 Å². The van der Waals surface area contributed by atoms with Gasteiger partial charge in [-0.25, -0.2) is 0 Å². The molecule has 5 heteroatoms. The highest BCUT2D eigenvalue weighted by Gasteiger charge is 2.42. The molecular formula is C21H24N2O3. The molecule has 0 spiro atoms. The number of benzene rings is 2. The van der Waals surface area contributed by atoms with E-state index in [0.717, 1.165) is 11.3 Å². The van der Waals surface area contributed by atoms with Crippen LogP contribution in [0.5, 0.6) is 5.75 Å². The summed E-state index contributed by atoms with van der Waals surface area (Å²) in [7, 11) is 0. The Labute approximate surface area is 154 Å². The average Bonchev–Trinajstić information content (AvgIpc) is 2.61. The van der Waals surface area contributed by atoms with Crippen molar-refractivity contribution in [2.45, 2.75) is 33.3 Å². The summed E-state index contributed by atoms with van der Waals surface area (Å²) in [5.74, 6) is 0.279. The number of ether oxygens (including phenoxy) is 1. The van der Waals surface area contributed by atoms with Gasteiger partial charge in [0.2, 0.25) is 5.91 Å². The number of rotatable bonds is 4. The van der Waals surface area contributed by atoms with Gasteiger partial charge < -0.3 is 9.64 Å². The van der Waals surface area contributed by atoms with E-state index in [9.17, 15) is 9.59 Å². The average molecular weight is 352 g/mol. The van der Waals surface area contributed by atoms with Gasteiger partial charge >= 0.3 is 0 Å². The Morgan fingerprint density at radius 1 is 1.15 bits per heavy atom. The lowest BCUT2D eigenvalue weighted by Gasteiger charge is -2.39. The standard InChI is InChI=1S/C21H24N2O3/c1-5-22(16-9-7-6-8-10-16)19(24)14-23-17-13-15(2)11-12-18(17)26-21(3,4)20(23)25/h6-13H,5,14H2,1-4H3. The highest BCUT2D eigenvalue weighted by atomic mass is 16.5. The number of anilines is 2. The molecule has 0 N–H and O–H groups in total. The topological polar surface area (TPSA) is 49.9 Å². The van der Waals surface area contributed by atoms with Gasteiger partial charge in [-0.3, -0.25) is 14.5 Å². The number of fused-ring (bicyclic) bond motifs is 1. The predicted molar refractivity (Wildman–Crippen MR) is 103 cm³/mol. The van der Waals surface area contributed by atoms with Crippen molar-refractivity contribution in [1.29, 1.82) is 0 Å². The molecule has 3 rings (SSSR count). The molecule has 0 radical (unpaired) electrons. The number of hydrogen-bond donors (Lipinski definition) is 0. The van der Waals surface area contributed by atoms with E-state index in [4.69, 9.17) is 4.74 Å². The maximum absolute atomic E-state index is 13.0. The lowest BCUT2D eigenvalue weighted by atomic mass is 10.0. The van der Waals surface area contributed by atoms with Gasteiger partial charge in [-0.1, -0.05) is 24.3 Å². The third-order valence-electron chi connectivity index (χ3n) is 4.51. The van der Waals surface area contributed by atoms with Crippen LogP contribution in [0.1, 0.15) is 26.3 Å². The monoisotopic (exact) mass is 352 g/mol. The van der Waals surface area contributed by atoms with Crippen molar-refractivity contribution >= 4 is 23.2 Å². The quantitative estimate of drug-likeness (QED) is 0.845. The summed E-state index contributed by atoms with van der Waals surface area (Å²) in [5.41, 5.74) is 1.47. The molecule has 0 saturated carbocycles. The SMILES string of the molecule is CCN(C(=O)CN1C(=O)C(C)(C)Oc2ccc(C)cc21)c1ccccc1. The number of carbonyl (C=O) groups excluding carboxylic acids is 2. The molecule has 2 aromatic carbocycles. The van der Waals surface area contributed by atoms with Gasteiger partial charge in [0.25, 0.3) is 5.91 Å². The minimum Gasteiger partial charge on any atom is -0.476 e. The number of carbonyl (C=O) groups is 2. The van der Waals surface area contributed by atoms with Crippen LogP contribution in [-0.4, -0.2) is 30.5 Å². The number of amides is 2. The first kappa shape index (κ1) is 18.0. The van der Waals surface area contributed by atoms with Crippen molar-refractivity contribution in [1.82, 2.24) is 0 Å². The van der Waals surface area contributed by atoms with Gasteiger partial charge in [0.1, 0.15) is 12.3 Å². The van der Waals surface area contributed by atoms with Crippen molar-refractivity contribution in [2.75, 3.05) is 22.9 Å². The zero-order valence-electron chi connectivity index (χ0n) is 15.7. The minimum atomic E-state index is -1.01. The molecule has 0 saturated heterocycles. The molecule has 5 nitrogen and oxygen atoms in total. The first-order valence-corrected chi connectivity index (χ1v) is 8.80. The van der Waals surface area contributed by atoms with E-state index in [2.05, 4.69) is 0 Å². The molecule has 2 amide bonds. The van der Waals surface area contributed by atoms with Crippen molar-refractivity contribution < 1.29 is 14.3 Å². The first-order chi connectivity index (χ1) is 12.3. The molecular weight excluding hydrogens is 328 g/mol. The number of hydrogen-bond acceptors (Lipinski definition) is 3. The largest absolute Gasteiger partial charge is 0.476 e. The van der Waals surface area contributed by atoms with Crippen LogP contribution in [0.2, 0.25) is 0 Å². The second-order valence-electron chi connectivity index (χ2n) is 6.95. The summed E-state index contributed by atoms with van der Waals surface area (Å²) >= 11 is 0. The predicted octanol–water partition coefficient (Wildman–Crippen LogP) is 3.55. The number of aryl methyl sites for hydroxylation is 1. The van der Waals surface area contributed by atoms with Crippen LogP contribution in [0.15, 0.2) is 48.5 Å². The second-order valence-corrected chi connectivity index (χ2v) is 6.95. The fraction of sp³-hybridized carbons (Fsp3) is 0.333. The maximum atomic E-state index is 13.0. The summed E-state index contributed by atoms with van der Waals surface area (Å²) in [6.45, 7) is 7.84. The van der Waals surface area contributed by atoms with Crippen LogP contribution in [-0.2, 0) is 9.59 Å². The van der Waals surface area contributed by atoms with Gasteiger partial charge in [0.05, 0.1) is 5.69 Å². The lowest BCUT2D eigenvalue weighted by Crippen LogP contribution is -2.55. The van der Waals surface area contributed by atoms with Crippen molar-refractivity contribution in [3.63, 3.8) is 0 Å². The Balaban J connectivity index is 1.94. The molecule has 1 heterocycles. The number of nitrogens with zero attached hydrogens (tertiary/aromatic N) is 2. The Hall–Kier alpha value is -2.82. The fourth-order valence-corrected chi connectivity index (χ4v) is 3.17. The molecule has 26 heavy (non-hydrogen) atoms. The van der Waals surface area contributed by atoms with Crippen LogP contribution < -0.4 is 14.5 Å². The van der Waals surface area contributed by atoms with Gasteiger partial charge in [-0.2, -0.15) is 0 Å². The third-order valence-corrected chi connectivity index (χ3v) is 4.51. The van der Waals surface area contributed by atoms with Crippen LogP contribution in [0.4, 0.5) is 11.4 Å². The summed E-state index contributed by atoms with van der Waals surface area (Å²) in [6, 6.07) is 15.2. The van der Waals surface area contributed by atoms with Crippen LogP contribution in [0.25, 0.3) is 0 Å². The van der Waals surface area contributed by atoms with E-state index in [1.165, 1.54) is 0 Å². The minimum absolute atomic E-state index is 0.0230. The van der Waals surface area contributed by atoms with Crippen LogP contribution in [0, 0.1) is 6.92 Å². The van der Waals surface area contributed by atoms with Gasteiger partial charge in [-0.05, 0) is 57.5 Å². The Morgan fingerprint density at radius 3 is 2.50 bits per heavy atom. The smallest absolute Gasteiger partial charge is 0.271 e. The Morgan fingerprint density at radius 2 is 1.85 bits per heavy atom. The zero-order chi connectivity index (χ0) is 18.9. The molecule has 1 aliphatic rings. The van der Waals surface area contributed by atoms with E-state index >= 15 is 0 Å². The van der Waals surface area contributed by atoms with Crippen molar-refractivity contribution in [3.8, 4) is 5.75 Å². The normalized spacial score (nSPS) is 15.2. The Kier molecular flexibility index (Phi) is 4.72. The third kappa shape index (κ3) is 3.29. The maximum Gasteiger partial charge on any atom is 0.271 e. The molecule has 0 unspecified atom stereocenters. The van der Waals surface area contributed by atoms with Crippen molar-refractivity contribution in [2.24, 2.45) is 0 Å². The molecule has 0 aromatic heterocycles. The fourth-order valence-electron chi connectivity index (χ4n) is 3.17. The molecule has 0 bridgehead atoms. The van der Waals surface area contributed by atoms with E-state index < -0.39 is 5.60 Å². The van der Waals surface area contributed by atoms with E-state index in [1.807, 2.05) is 62.4 Å². The summed E-state index contributed by atoms with van der Waals surface area (Å²) < 4.78 is 5.85. The summed E-state index contributed by atoms with van der Waals surface area (Å²) in [4.78, 5) is 29.1. The molecule has 0 atom stereocenters. The van der Waals surface area contributed by atoms with E-state index in [0.29, 0.717) is 18.0 Å². The molecule has 0 fully saturated rings. The van der Waals surface area contributed by atoms with Crippen molar-refractivity contribution in [3.05, 3.63) is 54.1 Å². The molecule has 1 aliphatic heterocycles. The second kappa shape index (κ2) is 6.83. The van der Waals surface area contributed by atoms with Gasteiger partial charge in [-0.15, -0.1) is 0 Å². The van der Waals surface area contributed by atoms with Crippen LogP contribution in [0.3, 0.4) is 0 Å². The van der Waals surface area contributed by atoms with Gasteiger partial charge in [0.15, 0.2) is 5.60 Å². The first-order valence-electron chi connectivity index (χ1n) is 8.80. The summed E-state index contributed by atoms with van der Waals surface area (Å²) in [6.07, 6.45) is 0. The zero-order valence-corrected chi connectivity index (χ0v) is 15.7. The van der Waals surface area contributed by atoms with Gasteiger partial charge in [0, 0.05) is 12.2 Å². The Bertz CT molecular complexity index is 830. The highest BCUT2D eigenvalue weighted by molar-refractivity contribution is 6.08.